The third-order valence-electron chi connectivity index (χ3n) is 5.11. The number of hydrogen-bond acceptors (Lipinski definition) is 3. The van der Waals surface area contributed by atoms with Gasteiger partial charge in [-0.3, -0.25) is 0 Å². The predicted molar refractivity (Wildman–Crippen MR) is 87.8 cm³/mol. The lowest BCUT2D eigenvalue weighted by Crippen LogP contribution is -2.39. The lowest BCUT2D eigenvalue weighted by atomic mass is 9.78. The molecule has 1 saturated heterocycles. The average Bonchev–Trinajstić information content (AvgIpc) is 2.88. The normalized spacial score (nSPS) is 18.3. The standard InChI is InChI=1S/C17H26N4/c1-3-17(2)8-12-20(13-9-17)16-14(7-10-18)21-11-5-4-6-15(21)19-16/h4-6,11H,3,7-10,12-13,18H2,1-2H3. The van der Waals surface area contributed by atoms with Crippen LogP contribution >= 0.6 is 0 Å². The molecule has 2 N–H and O–H groups in total. The molecule has 21 heavy (non-hydrogen) atoms. The van der Waals surface area contributed by atoms with E-state index >= 15 is 0 Å². The molecule has 2 aromatic rings. The van der Waals surface area contributed by atoms with Crippen molar-refractivity contribution < 1.29 is 0 Å². The minimum Gasteiger partial charge on any atom is -0.355 e. The molecule has 0 bridgehead atoms. The van der Waals surface area contributed by atoms with E-state index in [2.05, 4.69) is 41.5 Å². The first-order valence-corrected chi connectivity index (χ1v) is 8.08. The topological polar surface area (TPSA) is 46.6 Å². The summed E-state index contributed by atoms with van der Waals surface area (Å²) in [6.07, 6.45) is 6.74. The molecule has 1 aliphatic rings. The van der Waals surface area contributed by atoms with Crippen molar-refractivity contribution in [3.05, 3.63) is 30.1 Å². The van der Waals surface area contributed by atoms with Crippen LogP contribution in [-0.2, 0) is 6.42 Å². The summed E-state index contributed by atoms with van der Waals surface area (Å²) in [5.74, 6) is 1.14. The Bertz CT molecular complexity index is 608. The van der Waals surface area contributed by atoms with Crippen LogP contribution in [-0.4, -0.2) is 29.0 Å². The number of nitrogens with zero attached hydrogens (tertiary/aromatic N) is 3. The van der Waals surface area contributed by atoms with Crippen LogP contribution in [0.4, 0.5) is 5.82 Å². The summed E-state index contributed by atoms with van der Waals surface area (Å²) in [5, 5.41) is 0. The SMILES string of the molecule is CCC1(C)CCN(c2nc3ccccn3c2CCN)CC1. The number of rotatable bonds is 4. The summed E-state index contributed by atoms with van der Waals surface area (Å²) in [6, 6.07) is 6.18. The Morgan fingerprint density at radius 3 is 2.71 bits per heavy atom. The highest BCUT2D eigenvalue weighted by Crippen LogP contribution is 2.36. The van der Waals surface area contributed by atoms with Gasteiger partial charge in [0.2, 0.25) is 0 Å². The Hall–Kier alpha value is -1.55. The number of fused-ring (bicyclic) bond motifs is 1. The second-order valence-corrected chi connectivity index (χ2v) is 6.50. The summed E-state index contributed by atoms with van der Waals surface area (Å²) in [6.45, 7) is 7.59. The molecule has 2 aromatic heterocycles. The van der Waals surface area contributed by atoms with Gasteiger partial charge in [0.25, 0.3) is 0 Å². The molecule has 114 valence electrons. The van der Waals surface area contributed by atoms with E-state index in [0.717, 1.165) is 31.0 Å². The molecule has 1 fully saturated rings. The van der Waals surface area contributed by atoms with Gasteiger partial charge in [0.15, 0.2) is 5.82 Å². The number of aromatic nitrogens is 2. The molecule has 4 nitrogen and oxygen atoms in total. The van der Waals surface area contributed by atoms with Crippen molar-refractivity contribution in [2.45, 2.75) is 39.5 Å². The van der Waals surface area contributed by atoms with Crippen molar-refractivity contribution in [1.29, 1.82) is 0 Å². The van der Waals surface area contributed by atoms with Crippen molar-refractivity contribution in [2.75, 3.05) is 24.5 Å². The lowest BCUT2D eigenvalue weighted by Gasteiger charge is -2.39. The molecule has 0 aromatic carbocycles. The highest BCUT2D eigenvalue weighted by molar-refractivity contribution is 5.56. The van der Waals surface area contributed by atoms with Gasteiger partial charge in [0, 0.05) is 25.7 Å². The molecule has 0 amide bonds. The summed E-state index contributed by atoms with van der Waals surface area (Å²) in [7, 11) is 0. The zero-order valence-electron chi connectivity index (χ0n) is 13.2. The first kappa shape index (κ1) is 14.4. The smallest absolute Gasteiger partial charge is 0.151 e. The Labute approximate surface area is 127 Å². The number of piperidine rings is 1. The minimum absolute atomic E-state index is 0.504. The van der Waals surface area contributed by atoms with E-state index in [1.165, 1.54) is 25.0 Å². The largest absolute Gasteiger partial charge is 0.355 e. The molecule has 0 unspecified atom stereocenters. The molecule has 0 aliphatic carbocycles. The number of hydrogen-bond donors (Lipinski definition) is 1. The maximum Gasteiger partial charge on any atom is 0.151 e. The highest BCUT2D eigenvalue weighted by Gasteiger charge is 2.30. The van der Waals surface area contributed by atoms with E-state index in [1.54, 1.807) is 0 Å². The molecular weight excluding hydrogens is 260 g/mol. The predicted octanol–water partition coefficient (Wildman–Crippen LogP) is 2.85. The van der Waals surface area contributed by atoms with Crippen LogP contribution in [0.2, 0.25) is 0 Å². The van der Waals surface area contributed by atoms with Crippen LogP contribution in [0.1, 0.15) is 38.8 Å². The summed E-state index contributed by atoms with van der Waals surface area (Å²) >= 11 is 0. The Morgan fingerprint density at radius 1 is 1.29 bits per heavy atom. The Kier molecular flexibility index (Phi) is 3.89. The highest BCUT2D eigenvalue weighted by atomic mass is 15.2. The Balaban J connectivity index is 1.92. The van der Waals surface area contributed by atoms with Crippen LogP contribution < -0.4 is 10.6 Å². The molecule has 0 radical (unpaired) electrons. The summed E-state index contributed by atoms with van der Waals surface area (Å²) in [4.78, 5) is 7.32. The summed E-state index contributed by atoms with van der Waals surface area (Å²) in [5.41, 5.74) is 8.60. The van der Waals surface area contributed by atoms with Crippen molar-refractivity contribution >= 4 is 11.5 Å². The van der Waals surface area contributed by atoms with E-state index < -0.39 is 0 Å². The number of anilines is 1. The van der Waals surface area contributed by atoms with Gasteiger partial charge in [-0.2, -0.15) is 0 Å². The van der Waals surface area contributed by atoms with Crippen LogP contribution in [0.15, 0.2) is 24.4 Å². The van der Waals surface area contributed by atoms with E-state index in [-0.39, 0.29) is 0 Å². The van der Waals surface area contributed by atoms with Gasteiger partial charge in [-0.15, -0.1) is 0 Å². The zero-order chi connectivity index (χ0) is 14.9. The van der Waals surface area contributed by atoms with Crippen LogP contribution in [0.3, 0.4) is 0 Å². The molecule has 3 heterocycles. The van der Waals surface area contributed by atoms with E-state index in [4.69, 9.17) is 10.7 Å². The fraction of sp³-hybridized carbons (Fsp3) is 0.588. The molecule has 3 rings (SSSR count). The van der Waals surface area contributed by atoms with Gasteiger partial charge in [0.1, 0.15) is 5.65 Å². The van der Waals surface area contributed by atoms with Crippen molar-refractivity contribution in [1.82, 2.24) is 9.38 Å². The van der Waals surface area contributed by atoms with Crippen molar-refractivity contribution in [3.63, 3.8) is 0 Å². The number of imidazole rings is 1. The molecule has 1 aliphatic heterocycles. The van der Waals surface area contributed by atoms with E-state index in [0.29, 0.717) is 12.0 Å². The van der Waals surface area contributed by atoms with Crippen LogP contribution in [0.25, 0.3) is 5.65 Å². The van der Waals surface area contributed by atoms with Crippen LogP contribution in [0.5, 0.6) is 0 Å². The number of nitrogens with two attached hydrogens (primary N) is 1. The molecular formula is C17H26N4. The maximum absolute atomic E-state index is 5.81. The third-order valence-corrected chi connectivity index (χ3v) is 5.11. The average molecular weight is 286 g/mol. The monoisotopic (exact) mass is 286 g/mol. The second kappa shape index (κ2) is 5.68. The van der Waals surface area contributed by atoms with Crippen molar-refractivity contribution in [3.8, 4) is 0 Å². The third kappa shape index (κ3) is 2.64. The van der Waals surface area contributed by atoms with E-state index in [9.17, 15) is 0 Å². The second-order valence-electron chi connectivity index (χ2n) is 6.50. The maximum atomic E-state index is 5.81. The van der Waals surface area contributed by atoms with Gasteiger partial charge in [0.05, 0.1) is 5.69 Å². The van der Waals surface area contributed by atoms with Crippen molar-refractivity contribution in [2.24, 2.45) is 11.1 Å². The van der Waals surface area contributed by atoms with Gasteiger partial charge in [-0.25, -0.2) is 4.98 Å². The quantitative estimate of drug-likeness (QED) is 0.940. The zero-order valence-corrected chi connectivity index (χ0v) is 13.2. The fourth-order valence-corrected chi connectivity index (χ4v) is 3.27. The van der Waals surface area contributed by atoms with E-state index in [1.807, 2.05) is 6.07 Å². The lowest BCUT2D eigenvalue weighted by molar-refractivity contribution is 0.237. The van der Waals surface area contributed by atoms with Gasteiger partial charge in [-0.1, -0.05) is 26.3 Å². The first-order valence-electron chi connectivity index (χ1n) is 8.08. The first-order chi connectivity index (χ1) is 10.2. The van der Waals surface area contributed by atoms with Crippen LogP contribution in [0, 0.1) is 5.41 Å². The molecule has 0 atom stereocenters. The van der Waals surface area contributed by atoms with Gasteiger partial charge >= 0.3 is 0 Å². The molecule has 0 spiro atoms. The summed E-state index contributed by atoms with van der Waals surface area (Å²) < 4.78 is 2.19. The van der Waals surface area contributed by atoms with Gasteiger partial charge < -0.3 is 15.0 Å². The molecule has 0 saturated carbocycles. The minimum atomic E-state index is 0.504. The molecule has 4 heteroatoms. The van der Waals surface area contributed by atoms with Gasteiger partial charge in [-0.05, 0) is 36.9 Å². The number of pyridine rings is 1. The Morgan fingerprint density at radius 2 is 2.05 bits per heavy atom. The fourth-order valence-electron chi connectivity index (χ4n) is 3.27.